The van der Waals surface area contributed by atoms with Gasteiger partial charge in [0.1, 0.15) is 0 Å². The van der Waals surface area contributed by atoms with Crippen molar-refractivity contribution in [3.63, 3.8) is 0 Å². The Labute approximate surface area is 130 Å². The van der Waals surface area contributed by atoms with Gasteiger partial charge < -0.3 is 9.30 Å². The van der Waals surface area contributed by atoms with Crippen molar-refractivity contribution in [3.05, 3.63) is 60.7 Å². The van der Waals surface area contributed by atoms with Gasteiger partial charge in [-0.05, 0) is 0 Å². The monoisotopic (exact) mass is 339 g/mol. The lowest BCUT2D eigenvalue weighted by Gasteiger charge is -2.19. The molecule has 0 heterocycles. The van der Waals surface area contributed by atoms with E-state index in [1.807, 2.05) is 0 Å². The molecule has 2 aromatic rings. The lowest BCUT2D eigenvalue weighted by molar-refractivity contribution is 0.170. The summed E-state index contributed by atoms with van der Waals surface area (Å²) in [5.74, 6) is 0. The second kappa shape index (κ2) is 7.35. The van der Waals surface area contributed by atoms with E-state index in [1.165, 1.54) is 0 Å². The molecule has 22 heavy (non-hydrogen) atoms. The first kappa shape index (κ1) is 16.4. The zero-order valence-corrected chi connectivity index (χ0v) is 13.1. The Morgan fingerprint density at radius 2 is 1.50 bits per heavy atom. The second-order valence-electron chi connectivity index (χ2n) is 4.32. The van der Waals surface area contributed by atoms with Gasteiger partial charge in [0.05, 0.1) is 0 Å². The van der Waals surface area contributed by atoms with Crippen LogP contribution in [0, 0.1) is 0 Å². The summed E-state index contributed by atoms with van der Waals surface area (Å²) in [5, 5.41) is 1.08. The highest BCUT2D eigenvalue weighted by Gasteiger charge is 2.29. The van der Waals surface area contributed by atoms with Crippen molar-refractivity contribution < 1.29 is 22.9 Å². The lowest BCUT2D eigenvalue weighted by atomic mass is 10.4. The quantitative estimate of drug-likeness (QED) is 0.640. The minimum atomic E-state index is -3.19. The highest BCUT2D eigenvalue weighted by molar-refractivity contribution is 7.78. The Morgan fingerprint density at radius 3 is 1.91 bits per heavy atom. The number of benzene rings is 2. The lowest BCUT2D eigenvalue weighted by Crippen LogP contribution is -2.28. The molecule has 0 aliphatic heterocycles. The number of ether oxygens (including phenoxy) is 1. The van der Waals surface area contributed by atoms with E-state index in [2.05, 4.69) is 0 Å². The topological polar surface area (TPSA) is 92.7 Å². The first-order valence-electron chi connectivity index (χ1n) is 6.27. The van der Waals surface area contributed by atoms with Crippen LogP contribution in [0.25, 0.3) is 0 Å². The third kappa shape index (κ3) is 4.04. The predicted octanol–water partition coefficient (Wildman–Crippen LogP) is 1.82. The third-order valence-corrected chi connectivity index (χ3v) is 5.99. The molecular weight excluding hydrogens is 325 g/mol. The molecule has 1 amide bonds. The fraction of sp³-hybridized carbons (Fsp3) is 0.0714. The standard InChI is InChI=1S/C14H14NO5PS/c16-14(15-22(18)19)20-11-21(17,12-7-3-1-4-8-12)13-9-5-2-6-10-13/h1-10H,11H2,(H,15,16)(H,18,19). The van der Waals surface area contributed by atoms with E-state index >= 15 is 0 Å². The van der Waals surface area contributed by atoms with Crippen molar-refractivity contribution in [3.8, 4) is 0 Å². The van der Waals surface area contributed by atoms with Crippen molar-refractivity contribution in [2.45, 2.75) is 0 Å². The van der Waals surface area contributed by atoms with Crippen molar-refractivity contribution in [1.29, 1.82) is 0 Å². The molecule has 0 radical (unpaired) electrons. The summed E-state index contributed by atoms with van der Waals surface area (Å²) in [4.78, 5) is 11.4. The van der Waals surface area contributed by atoms with Gasteiger partial charge in [-0.15, -0.1) is 0 Å². The Bertz CT molecular complexity index is 664. The van der Waals surface area contributed by atoms with Crippen LogP contribution in [0.4, 0.5) is 4.79 Å². The van der Waals surface area contributed by atoms with Gasteiger partial charge in [0, 0.05) is 10.6 Å². The molecule has 0 saturated heterocycles. The molecule has 1 unspecified atom stereocenters. The first-order chi connectivity index (χ1) is 10.5. The second-order valence-corrected chi connectivity index (χ2v) is 7.80. The maximum absolute atomic E-state index is 13.4. The van der Waals surface area contributed by atoms with Gasteiger partial charge in [-0.1, -0.05) is 60.7 Å². The smallest absolute Gasteiger partial charge is 0.421 e. The molecule has 6 nitrogen and oxygen atoms in total. The molecule has 116 valence electrons. The molecule has 1 atom stereocenters. The van der Waals surface area contributed by atoms with Crippen LogP contribution in [0.1, 0.15) is 0 Å². The number of hydrogen-bond acceptors (Lipinski definition) is 4. The molecule has 0 aliphatic rings. The zero-order chi connectivity index (χ0) is 16.0. The number of hydrogen-bond donors (Lipinski definition) is 2. The van der Waals surface area contributed by atoms with Crippen molar-refractivity contribution >= 4 is 35.1 Å². The Balaban J connectivity index is 2.30. The summed E-state index contributed by atoms with van der Waals surface area (Å²) in [6.07, 6.45) is -1.50. The number of nitrogens with one attached hydrogen (secondary N) is 1. The highest BCUT2D eigenvalue weighted by Crippen LogP contribution is 2.43. The van der Waals surface area contributed by atoms with E-state index in [1.54, 1.807) is 65.4 Å². The van der Waals surface area contributed by atoms with Gasteiger partial charge in [-0.3, -0.25) is 4.55 Å². The number of carbonyl (C=O) groups is 1. The molecule has 0 bridgehead atoms. The molecule has 0 aliphatic carbocycles. The van der Waals surface area contributed by atoms with Crippen LogP contribution >= 0.6 is 7.14 Å². The minimum absolute atomic E-state index is 0.399. The Morgan fingerprint density at radius 1 is 1.05 bits per heavy atom. The van der Waals surface area contributed by atoms with Crippen LogP contribution in [0.3, 0.4) is 0 Å². The first-order valence-corrected chi connectivity index (χ1v) is 9.27. The molecule has 0 fully saturated rings. The number of amides is 1. The van der Waals surface area contributed by atoms with Gasteiger partial charge in [0.25, 0.3) is 11.3 Å². The fourth-order valence-electron chi connectivity index (χ4n) is 1.89. The van der Waals surface area contributed by atoms with Gasteiger partial charge in [-0.2, -0.15) is 0 Å². The van der Waals surface area contributed by atoms with Crippen LogP contribution in [-0.2, 0) is 20.6 Å². The van der Waals surface area contributed by atoms with Crippen LogP contribution in [-0.4, -0.2) is 21.2 Å². The average molecular weight is 339 g/mol. The number of rotatable bonds is 5. The normalized spacial score (nSPS) is 12.4. The zero-order valence-electron chi connectivity index (χ0n) is 11.4. The predicted molar refractivity (Wildman–Crippen MR) is 85.0 cm³/mol. The summed E-state index contributed by atoms with van der Waals surface area (Å²) >= 11 is -2.53. The minimum Gasteiger partial charge on any atom is -0.440 e. The summed E-state index contributed by atoms with van der Waals surface area (Å²) in [5.41, 5.74) is 0. The van der Waals surface area contributed by atoms with E-state index in [9.17, 15) is 13.6 Å². The third-order valence-electron chi connectivity index (χ3n) is 2.89. The van der Waals surface area contributed by atoms with Gasteiger partial charge >= 0.3 is 6.09 Å². The average Bonchev–Trinajstić information content (AvgIpc) is 2.54. The summed E-state index contributed by atoms with van der Waals surface area (Å²) < 4.78 is 39.0. The van der Waals surface area contributed by atoms with Crippen molar-refractivity contribution in [2.24, 2.45) is 0 Å². The molecule has 2 aromatic carbocycles. The molecule has 0 aromatic heterocycles. The van der Waals surface area contributed by atoms with E-state index < -0.39 is 30.8 Å². The largest absolute Gasteiger partial charge is 0.440 e. The van der Waals surface area contributed by atoms with Crippen molar-refractivity contribution in [2.75, 3.05) is 6.35 Å². The molecule has 2 N–H and O–H groups in total. The molecule has 8 heteroatoms. The van der Waals surface area contributed by atoms with Crippen LogP contribution < -0.4 is 15.3 Å². The summed E-state index contributed by atoms with van der Waals surface area (Å²) in [7, 11) is -3.19. The number of carbonyl (C=O) groups excluding carboxylic acids is 1. The maximum atomic E-state index is 13.4. The van der Waals surface area contributed by atoms with Crippen LogP contribution in [0.5, 0.6) is 0 Å². The molecule has 2 rings (SSSR count). The van der Waals surface area contributed by atoms with E-state index in [-0.39, 0.29) is 0 Å². The van der Waals surface area contributed by atoms with E-state index in [0.29, 0.717) is 10.6 Å². The fourth-order valence-corrected chi connectivity index (χ4v) is 4.29. The van der Waals surface area contributed by atoms with Crippen LogP contribution in [0.2, 0.25) is 0 Å². The molecule has 0 spiro atoms. The van der Waals surface area contributed by atoms with Gasteiger partial charge in [0.2, 0.25) is 0 Å². The van der Waals surface area contributed by atoms with Crippen molar-refractivity contribution in [1.82, 2.24) is 4.72 Å². The van der Waals surface area contributed by atoms with Gasteiger partial charge in [-0.25, -0.2) is 13.7 Å². The highest BCUT2D eigenvalue weighted by atomic mass is 32.2. The van der Waals surface area contributed by atoms with E-state index in [0.717, 1.165) is 0 Å². The molecular formula is C14H14NO5PS. The van der Waals surface area contributed by atoms with Crippen LogP contribution in [0.15, 0.2) is 60.7 Å². The SMILES string of the molecule is O=C(NS(=O)O)OCP(=O)(c1ccccc1)c1ccccc1. The van der Waals surface area contributed by atoms with Gasteiger partial charge in [0.15, 0.2) is 13.5 Å². The van der Waals surface area contributed by atoms with E-state index in [4.69, 9.17) is 9.29 Å². The summed E-state index contributed by atoms with van der Waals surface area (Å²) in [6, 6.07) is 17.3. The Hall–Kier alpha value is -1.95. The maximum Gasteiger partial charge on any atom is 0.421 e. The molecule has 0 saturated carbocycles. The summed E-state index contributed by atoms with van der Waals surface area (Å²) in [6.45, 7) is 0. The Kier molecular flexibility index (Phi) is 5.49.